The molecule has 4 heteroatoms. The summed E-state index contributed by atoms with van der Waals surface area (Å²) >= 11 is 0. The third kappa shape index (κ3) is 4.24. The van der Waals surface area contributed by atoms with E-state index in [1.165, 1.54) is 12.8 Å². The lowest BCUT2D eigenvalue weighted by Gasteiger charge is -2.17. The Labute approximate surface area is 114 Å². The highest BCUT2D eigenvalue weighted by Gasteiger charge is 2.20. The smallest absolute Gasteiger partial charge is 0.237 e. The summed E-state index contributed by atoms with van der Waals surface area (Å²) in [5.41, 5.74) is 1.05. The molecule has 1 fully saturated rings. The molecule has 1 aliphatic carbocycles. The fourth-order valence-corrected chi connectivity index (χ4v) is 2.37. The van der Waals surface area contributed by atoms with E-state index in [2.05, 4.69) is 10.6 Å². The van der Waals surface area contributed by atoms with Crippen LogP contribution in [0.5, 0.6) is 5.75 Å². The minimum Gasteiger partial charge on any atom is -0.508 e. The van der Waals surface area contributed by atoms with Gasteiger partial charge in [-0.15, -0.1) is 0 Å². The van der Waals surface area contributed by atoms with E-state index >= 15 is 0 Å². The lowest BCUT2D eigenvalue weighted by molar-refractivity contribution is -0.123. The molecule has 0 aliphatic heterocycles. The van der Waals surface area contributed by atoms with Crippen molar-refractivity contribution in [1.82, 2.24) is 10.6 Å². The van der Waals surface area contributed by atoms with E-state index in [1.807, 2.05) is 19.1 Å². The number of phenols is 1. The molecule has 1 amide bonds. The van der Waals surface area contributed by atoms with Gasteiger partial charge in [-0.05, 0) is 37.5 Å². The average molecular weight is 262 g/mol. The molecule has 0 bridgehead atoms. The third-order valence-electron chi connectivity index (χ3n) is 3.64. The first-order valence-electron chi connectivity index (χ1n) is 6.97. The van der Waals surface area contributed by atoms with Crippen LogP contribution >= 0.6 is 0 Å². The molecule has 2 rings (SSSR count). The van der Waals surface area contributed by atoms with Crippen molar-refractivity contribution in [3.05, 3.63) is 29.8 Å². The summed E-state index contributed by atoms with van der Waals surface area (Å²) in [5.74, 6) is 0.335. The maximum Gasteiger partial charge on any atom is 0.237 e. The lowest BCUT2D eigenvalue weighted by atomic mass is 10.2. The van der Waals surface area contributed by atoms with Crippen molar-refractivity contribution < 1.29 is 9.90 Å². The highest BCUT2D eigenvalue weighted by Crippen LogP contribution is 2.17. The van der Waals surface area contributed by atoms with Gasteiger partial charge in [0.25, 0.3) is 0 Å². The summed E-state index contributed by atoms with van der Waals surface area (Å²) in [7, 11) is 0. The maximum absolute atomic E-state index is 12.0. The van der Waals surface area contributed by atoms with Crippen LogP contribution in [-0.2, 0) is 11.3 Å². The van der Waals surface area contributed by atoms with Crippen LogP contribution in [0.1, 0.15) is 38.2 Å². The lowest BCUT2D eigenvalue weighted by Crippen LogP contribution is -2.45. The van der Waals surface area contributed by atoms with E-state index in [4.69, 9.17) is 0 Å². The van der Waals surface area contributed by atoms with Crippen LogP contribution in [0.3, 0.4) is 0 Å². The summed E-state index contributed by atoms with van der Waals surface area (Å²) in [5, 5.41) is 15.5. The Bertz CT molecular complexity index is 411. The minimum absolute atomic E-state index is 0.0747. The summed E-state index contributed by atoms with van der Waals surface area (Å²) < 4.78 is 0. The minimum atomic E-state index is -0.200. The van der Waals surface area contributed by atoms with E-state index in [-0.39, 0.29) is 17.7 Å². The Morgan fingerprint density at radius 3 is 2.58 bits per heavy atom. The zero-order chi connectivity index (χ0) is 13.7. The first-order valence-corrected chi connectivity index (χ1v) is 6.97. The molecule has 0 saturated heterocycles. The zero-order valence-corrected chi connectivity index (χ0v) is 11.4. The van der Waals surface area contributed by atoms with Gasteiger partial charge < -0.3 is 15.7 Å². The van der Waals surface area contributed by atoms with E-state index in [9.17, 15) is 9.90 Å². The number of carbonyl (C=O) groups is 1. The molecule has 1 aromatic rings. The van der Waals surface area contributed by atoms with Gasteiger partial charge in [-0.1, -0.05) is 25.0 Å². The van der Waals surface area contributed by atoms with E-state index in [0.29, 0.717) is 12.6 Å². The predicted octanol–water partition coefficient (Wildman–Crippen LogP) is 1.93. The Morgan fingerprint density at radius 1 is 1.32 bits per heavy atom. The number of benzene rings is 1. The van der Waals surface area contributed by atoms with Crippen LogP contribution in [0.25, 0.3) is 0 Å². The SMILES string of the molecule is CC(NCc1ccc(O)cc1)C(=O)NC1CCCC1. The molecule has 3 N–H and O–H groups in total. The van der Waals surface area contributed by atoms with Gasteiger partial charge in [0.05, 0.1) is 6.04 Å². The number of carbonyl (C=O) groups excluding carboxylic acids is 1. The Balaban J connectivity index is 1.75. The first-order chi connectivity index (χ1) is 9.15. The van der Waals surface area contributed by atoms with Crippen molar-refractivity contribution in [3.63, 3.8) is 0 Å². The monoisotopic (exact) mass is 262 g/mol. The molecular formula is C15H22N2O2. The van der Waals surface area contributed by atoms with E-state index in [1.54, 1.807) is 12.1 Å². The van der Waals surface area contributed by atoms with Gasteiger partial charge in [-0.3, -0.25) is 4.79 Å². The van der Waals surface area contributed by atoms with Crippen molar-refractivity contribution in [1.29, 1.82) is 0 Å². The van der Waals surface area contributed by atoms with Crippen molar-refractivity contribution in [2.75, 3.05) is 0 Å². The molecule has 0 radical (unpaired) electrons. The molecule has 0 spiro atoms. The predicted molar refractivity (Wildman–Crippen MR) is 74.8 cm³/mol. The Morgan fingerprint density at radius 2 is 1.95 bits per heavy atom. The van der Waals surface area contributed by atoms with Crippen LogP contribution < -0.4 is 10.6 Å². The number of amides is 1. The molecular weight excluding hydrogens is 240 g/mol. The van der Waals surface area contributed by atoms with Crippen molar-refractivity contribution in [3.8, 4) is 5.75 Å². The number of rotatable bonds is 5. The zero-order valence-electron chi connectivity index (χ0n) is 11.4. The second kappa shape index (κ2) is 6.57. The molecule has 1 saturated carbocycles. The molecule has 1 aliphatic rings. The molecule has 1 atom stereocenters. The van der Waals surface area contributed by atoms with Crippen molar-refractivity contribution >= 4 is 5.91 Å². The second-order valence-electron chi connectivity index (χ2n) is 5.26. The van der Waals surface area contributed by atoms with E-state index < -0.39 is 0 Å². The maximum atomic E-state index is 12.0. The summed E-state index contributed by atoms with van der Waals surface area (Å²) in [6, 6.07) is 7.17. The van der Waals surface area contributed by atoms with Gasteiger partial charge in [-0.2, -0.15) is 0 Å². The van der Waals surface area contributed by atoms with Crippen molar-refractivity contribution in [2.24, 2.45) is 0 Å². The van der Waals surface area contributed by atoms with Crippen LogP contribution in [-0.4, -0.2) is 23.1 Å². The normalized spacial score (nSPS) is 17.3. The Kier molecular flexibility index (Phi) is 4.80. The second-order valence-corrected chi connectivity index (χ2v) is 5.26. The molecule has 0 aromatic heterocycles. The van der Waals surface area contributed by atoms with Gasteiger partial charge in [0.2, 0.25) is 5.91 Å². The molecule has 1 aromatic carbocycles. The topological polar surface area (TPSA) is 61.4 Å². The third-order valence-corrected chi connectivity index (χ3v) is 3.64. The highest BCUT2D eigenvalue weighted by molar-refractivity contribution is 5.81. The molecule has 104 valence electrons. The average Bonchev–Trinajstić information content (AvgIpc) is 2.90. The highest BCUT2D eigenvalue weighted by atomic mass is 16.3. The molecule has 19 heavy (non-hydrogen) atoms. The molecule has 1 unspecified atom stereocenters. The quantitative estimate of drug-likeness (QED) is 0.760. The van der Waals surface area contributed by atoms with Crippen LogP contribution in [0.15, 0.2) is 24.3 Å². The molecule has 4 nitrogen and oxygen atoms in total. The molecule has 0 heterocycles. The van der Waals surface area contributed by atoms with Gasteiger partial charge in [0.15, 0.2) is 0 Å². The fourth-order valence-electron chi connectivity index (χ4n) is 2.37. The van der Waals surface area contributed by atoms with Gasteiger partial charge in [0, 0.05) is 12.6 Å². The summed E-state index contributed by atoms with van der Waals surface area (Å²) in [4.78, 5) is 12.0. The number of phenolic OH excluding ortho intramolecular Hbond substituents is 1. The first kappa shape index (κ1) is 13.9. The number of aromatic hydroxyl groups is 1. The van der Waals surface area contributed by atoms with Crippen LogP contribution in [0, 0.1) is 0 Å². The van der Waals surface area contributed by atoms with Crippen LogP contribution in [0.2, 0.25) is 0 Å². The number of hydrogen-bond donors (Lipinski definition) is 3. The summed E-state index contributed by atoms with van der Waals surface area (Å²) in [6.07, 6.45) is 4.66. The van der Waals surface area contributed by atoms with E-state index in [0.717, 1.165) is 18.4 Å². The fraction of sp³-hybridized carbons (Fsp3) is 0.533. The van der Waals surface area contributed by atoms with Gasteiger partial charge >= 0.3 is 0 Å². The summed E-state index contributed by atoms with van der Waals surface area (Å²) in [6.45, 7) is 2.50. The van der Waals surface area contributed by atoms with Gasteiger partial charge in [0.1, 0.15) is 5.75 Å². The standard InChI is InChI=1S/C15H22N2O2/c1-11(15(19)17-13-4-2-3-5-13)16-10-12-6-8-14(18)9-7-12/h6-9,11,13,16,18H,2-5,10H2,1H3,(H,17,19). The largest absolute Gasteiger partial charge is 0.508 e. The van der Waals surface area contributed by atoms with Gasteiger partial charge in [-0.25, -0.2) is 0 Å². The van der Waals surface area contributed by atoms with Crippen LogP contribution in [0.4, 0.5) is 0 Å². The number of hydrogen-bond acceptors (Lipinski definition) is 3. The Hall–Kier alpha value is -1.55. The van der Waals surface area contributed by atoms with Crippen molar-refractivity contribution in [2.45, 2.75) is 51.2 Å². The number of nitrogens with one attached hydrogen (secondary N) is 2.